The summed E-state index contributed by atoms with van der Waals surface area (Å²) in [4.78, 5) is 0. The van der Waals surface area contributed by atoms with E-state index in [4.69, 9.17) is 16.3 Å². The fraction of sp³-hybridized carbons (Fsp3) is 0.200. The maximum atomic E-state index is 5.67. The summed E-state index contributed by atoms with van der Waals surface area (Å²) in [6.45, 7) is 4.24. The van der Waals surface area contributed by atoms with Crippen LogP contribution < -0.4 is 21.7 Å². The summed E-state index contributed by atoms with van der Waals surface area (Å²) in [5, 5.41) is 0.672. The Bertz CT molecular complexity index is 251. The molecule has 0 atom stereocenters. The molecule has 0 unspecified atom stereocenters. The molecule has 0 spiro atoms. The Labute approximate surface area is 116 Å². The third-order valence-corrected chi connectivity index (χ3v) is 1.56. The molecule has 14 heavy (non-hydrogen) atoms. The number of ether oxygens (including phenoxy) is 1. The van der Waals surface area contributed by atoms with Crippen molar-refractivity contribution >= 4 is 34.7 Å². The van der Waals surface area contributed by atoms with E-state index in [9.17, 15) is 0 Å². The predicted molar refractivity (Wildman–Crippen MR) is 56.4 cm³/mol. The molecule has 1 rings (SSSR count). The van der Waals surface area contributed by atoms with Gasteiger partial charge < -0.3 is 21.7 Å². The van der Waals surface area contributed by atoms with Gasteiger partial charge in [-0.05, 0) is 6.42 Å². The van der Waals surface area contributed by atoms with E-state index in [0.29, 0.717) is 11.6 Å². The van der Waals surface area contributed by atoms with Crippen LogP contribution in [0.4, 0.5) is 0 Å². The summed E-state index contributed by atoms with van der Waals surface area (Å²) in [5.41, 5.74) is 0. The van der Waals surface area contributed by atoms with Crippen LogP contribution in [0.3, 0.4) is 0 Å². The molecule has 1 aromatic carbocycles. The third-order valence-electron chi connectivity index (χ3n) is 1.33. The molecule has 0 saturated heterocycles. The predicted octanol–water partition coefficient (Wildman–Crippen LogP) is -0.282. The van der Waals surface area contributed by atoms with Crippen LogP contribution in [0.5, 0.6) is 5.75 Å². The van der Waals surface area contributed by atoms with Gasteiger partial charge in [0.15, 0.2) is 0 Å². The van der Waals surface area contributed by atoms with Gasteiger partial charge in [0.05, 0.1) is 6.61 Å². The molecule has 0 saturated carbocycles. The van der Waals surface area contributed by atoms with Gasteiger partial charge in [-0.2, -0.15) is 23.7 Å². The number of hydrogen-bond acceptors (Lipinski definition) is 1. The molecule has 0 aliphatic carbocycles. The maximum Gasteiger partial charge on any atom is 2.00 e. The quantitative estimate of drug-likeness (QED) is 0.320. The van der Waals surface area contributed by atoms with Crippen molar-refractivity contribution in [3.05, 3.63) is 41.9 Å². The summed E-state index contributed by atoms with van der Waals surface area (Å²) in [6.07, 6.45) is 2.66. The minimum Gasteiger partial charge on any atom is -1.00 e. The van der Waals surface area contributed by atoms with E-state index in [1.165, 1.54) is 0 Å². The zero-order valence-corrected chi connectivity index (χ0v) is 11.6. The van der Waals surface area contributed by atoms with Gasteiger partial charge in [0.1, 0.15) is 0 Å². The molecule has 0 aliphatic heterocycles. The zero-order chi connectivity index (χ0) is 8.81. The largest absolute Gasteiger partial charge is 2.00 e. The van der Waals surface area contributed by atoms with Crippen molar-refractivity contribution in [1.29, 1.82) is 0 Å². The average Bonchev–Trinajstić information content (AvgIpc) is 2.09. The van der Waals surface area contributed by atoms with Crippen LogP contribution in [-0.4, -0.2) is 29.7 Å². The summed E-state index contributed by atoms with van der Waals surface area (Å²) in [7, 11) is 0. The van der Waals surface area contributed by atoms with Crippen LogP contribution in [0, 0.1) is 6.07 Å². The minimum absolute atomic E-state index is 0. The molecule has 0 heterocycles. The molecule has 0 fully saturated rings. The van der Waals surface area contributed by atoms with Gasteiger partial charge in [-0.1, -0.05) is 11.1 Å². The van der Waals surface area contributed by atoms with Gasteiger partial charge in [-0.15, -0.1) is 18.7 Å². The van der Waals surface area contributed by atoms with E-state index in [1.807, 2.05) is 6.08 Å². The fourth-order valence-electron chi connectivity index (χ4n) is 0.734. The van der Waals surface area contributed by atoms with Crippen LogP contribution in [0.2, 0.25) is 5.02 Å². The summed E-state index contributed by atoms with van der Waals surface area (Å²) < 4.78 is 5.32. The first-order valence-electron chi connectivity index (χ1n) is 3.74. The second-order valence-corrected chi connectivity index (χ2v) is 2.73. The zero-order valence-electron chi connectivity index (χ0n) is 7.80. The van der Waals surface area contributed by atoms with Crippen LogP contribution in [0.15, 0.2) is 30.9 Å². The van der Waals surface area contributed by atoms with Crippen molar-refractivity contribution in [1.82, 2.24) is 0 Å². The molecule has 0 N–H and O–H groups in total. The molecule has 4 heteroatoms. The molecule has 0 bridgehead atoms. The van der Waals surface area contributed by atoms with Crippen molar-refractivity contribution in [3.63, 3.8) is 0 Å². The first-order valence-corrected chi connectivity index (χ1v) is 4.11. The van der Waals surface area contributed by atoms with E-state index < -0.39 is 0 Å². The topological polar surface area (TPSA) is 9.23 Å². The number of hydrogen-bond donors (Lipinski definition) is 0. The number of halogens is 2. The van der Waals surface area contributed by atoms with Gasteiger partial charge in [-0.3, -0.25) is 0 Å². The van der Waals surface area contributed by atoms with Gasteiger partial charge in [0.2, 0.25) is 0 Å². The van der Waals surface area contributed by atoms with Crippen molar-refractivity contribution in [3.8, 4) is 5.75 Å². The van der Waals surface area contributed by atoms with Crippen molar-refractivity contribution in [2.24, 2.45) is 0 Å². The number of rotatable bonds is 4. The molecule has 1 nitrogen and oxygen atoms in total. The van der Waals surface area contributed by atoms with E-state index in [2.05, 4.69) is 12.6 Å². The first kappa shape index (κ1) is 16.7. The molecule has 0 aliphatic rings. The minimum atomic E-state index is 0. The fourth-order valence-corrected chi connectivity index (χ4v) is 0.851. The molecule has 72 valence electrons. The Kier molecular flexibility index (Phi) is 11.7. The Morgan fingerprint density at radius 1 is 1.50 bits per heavy atom. The second kappa shape index (κ2) is 9.84. The first-order chi connectivity index (χ1) is 5.83. The normalized spacial score (nSPS) is 8.07. The SMILES string of the molecule is C=CCCOc1[c-]cc(Cl)cc1.[Br-].[Mg+2]. The maximum absolute atomic E-state index is 5.67. The standard InChI is InChI=1S/C10H10ClO.BrH.Mg/c1-2-3-8-12-10-6-4-9(11)5-7-10;;/h2,4-6H,1,3,8H2;1H;/q-1;;+2/p-1. The van der Waals surface area contributed by atoms with Crippen molar-refractivity contribution in [2.45, 2.75) is 6.42 Å². The van der Waals surface area contributed by atoms with Gasteiger partial charge in [0, 0.05) is 5.75 Å². The third kappa shape index (κ3) is 6.71. The van der Waals surface area contributed by atoms with E-state index in [0.717, 1.165) is 12.2 Å². The van der Waals surface area contributed by atoms with Crippen LogP contribution in [0.1, 0.15) is 6.42 Å². The summed E-state index contributed by atoms with van der Waals surface area (Å²) in [6, 6.07) is 8.17. The molecule has 1 aromatic rings. The van der Waals surface area contributed by atoms with Gasteiger partial charge in [-0.25, -0.2) is 0 Å². The number of benzene rings is 1. The van der Waals surface area contributed by atoms with E-state index in [-0.39, 0.29) is 40.0 Å². The van der Waals surface area contributed by atoms with E-state index >= 15 is 0 Å². The van der Waals surface area contributed by atoms with Crippen molar-refractivity contribution < 1.29 is 21.7 Å². The average molecular weight is 286 g/mol. The second-order valence-electron chi connectivity index (χ2n) is 2.30. The monoisotopic (exact) mass is 284 g/mol. The molecule has 0 aromatic heterocycles. The van der Waals surface area contributed by atoms with Gasteiger partial charge >= 0.3 is 23.1 Å². The molecule has 0 radical (unpaired) electrons. The Morgan fingerprint density at radius 3 is 2.71 bits per heavy atom. The van der Waals surface area contributed by atoms with Crippen molar-refractivity contribution in [2.75, 3.05) is 6.61 Å². The van der Waals surface area contributed by atoms with Crippen LogP contribution >= 0.6 is 11.6 Å². The summed E-state index contributed by atoms with van der Waals surface area (Å²) >= 11 is 5.67. The summed E-state index contributed by atoms with van der Waals surface area (Å²) in [5.74, 6) is 0.723. The molecular formula is C10H10BrClMgO. The molecular weight excluding hydrogens is 276 g/mol. The smallest absolute Gasteiger partial charge is 1.00 e. The van der Waals surface area contributed by atoms with Crippen LogP contribution in [0.25, 0.3) is 0 Å². The Balaban J connectivity index is 0. The Hall–Kier alpha value is 0.296. The van der Waals surface area contributed by atoms with Gasteiger partial charge in [0.25, 0.3) is 0 Å². The molecule has 0 amide bonds. The van der Waals surface area contributed by atoms with E-state index in [1.54, 1.807) is 18.2 Å². The van der Waals surface area contributed by atoms with Crippen LogP contribution in [-0.2, 0) is 0 Å². The Morgan fingerprint density at radius 2 is 2.21 bits per heavy atom.